The first-order valence-electron chi connectivity index (χ1n) is 16.4. The van der Waals surface area contributed by atoms with Crippen LogP contribution < -0.4 is 0 Å². The monoisotopic (exact) mass is 620 g/mol. The summed E-state index contributed by atoms with van der Waals surface area (Å²) < 4.78 is 2.70. The van der Waals surface area contributed by atoms with E-state index in [1.807, 2.05) is 11.3 Å². The van der Waals surface area contributed by atoms with Gasteiger partial charge in [-0.3, -0.25) is 0 Å². The first-order chi connectivity index (χ1) is 22.8. The minimum atomic E-state index is -0.101. The Morgan fingerprint density at radius 3 is 1.98 bits per heavy atom. The van der Waals surface area contributed by atoms with E-state index in [0.717, 1.165) is 33.5 Å². The molecule has 0 N–H and O–H groups in total. The lowest BCUT2D eigenvalue weighted by Crippen LogP contribution is -2.15. The van der Waals surface area contributed by atoms with Crippen LogP contribution in [0, 0.1) is 0 Å². The highest BCUT2D eigenvalue weighted by molar-refractivity contribution is 7.26. The molecule has 224 valence electrons. The van der Waals surface area contributed by atoms with E-state index in [-0.39, 0.29) is 10.8 Å². The van der Waals surface area contributed by atoms with Gasteiger partial charge in [0.2, 0.25) is 0 Å². The third kappa shape index (κ3) is 3.55. The highest BCUT2D eigenvalue weighted by atomic mass is 32.1. The van der Waals surface area contributed by atoms with Gasteiger partial charge in [-0.05, 0) is 45.5 Å². The minimum Gasteiger partial charge on any atom is -0.227 e. The van der Waals surface area contributed by atoms with Gasteiger partial charge in [-0.1, -0.05) is 137 Å². The van der Waals surface area contributed by atoms with Gasteiger partial charge >= 0.3 is 0 Å². The molecule has 47 heavy (non-hydrogen) atoms. The van der Waals surface area contributed by atoms with E-state index in [0.29, 0.717) is 0 Å². The van der Waals surface area contributed by atoms with Crippen molar-refractivity contribution in [1.29, 1.82) is 0 Å². The molecule has 0 spiro atoms. The Kier molecular flexibility index (Phi) is 5.32. The first-order valence-corrected chi connectivity index (χ1v) is 17.2. The van der Waals surface area contributed by atoms with Gasteiger partial charge in [0.1, 0.15) is 0 Å². The summed E-state index contributed by atoms with van der Waals surface area (Å²) >= 11 is 1.91. The van der Waals surface area contributed by atoms with Crippen LogP contribution in [0.4, 0.5) is 0 Å². The molecule has 6 aromatic carbocycles. The molecular formula is C44H32N2S. The van der Waals surface area contributed by atoms with Crippen LogP contribution in [0.15, 0.2) is 121 Å². The van der Waals surface area contributed by atoms with E-state index >= 15 is 0 Å². The van der Waals surface area contributed by atoms with Crippen LogP contribution in [0.2, 0.25) is 0 Å². The summed E-state index contributed by atoms with van der Waals surface area (Å²) in [5.74, 6) is 0.768. The Hall–Kier alpha value is -5.12. The summed E-state index contributed by atoms with van der Waals surface area (Å²) in [5.41, 5.74) is 14.6. The lowest BCUT2D eigenvalue weighted by molar-refractivity contribution is 0.661. The number of hydrogen-bond donors (Lipinski definition) is 0. The van der Waals surface area contributed by atoms with Crippen LogP contribution in [0.3, 0.4) is 0 Å². The molecule has 0 saturated heterocycles. The summed E-state index contributed by atoms with van der Waals surface area (Å²) in [6.07, 6.45) is 0. The molecule has 2 aliphatic rings. The predicted octanol–water partition coefficient (Wildman–Crippen LogP) is 11.9. The van der Waals surface area contributed by atoms with Gasteiger partial charge in [0.15, 0.2) is 5.82 Å². The standard InChI is InChI=1S/C44H32N2S/c1-43(2)32-16-10-8-15-29(32)37-34(43)23-20-30-39(25-12-6-5-7-13-25)45-42(46-40(30)37)26-18-21-33-31(24-26)38-35(44(33,3)4)22-19-28-27-14-9-11-17-36(27)47-41(28)38/h5-24H,1-4H3. The molecule has 0 radical (unpaired) electrons. The number of hydrogen-bond acceptors (Lipinski definition) is 3. The van der Waals surface area contributed by atoms with Crippen LogP contribution in [0.5, 0.6) is 0 Å². The number of benzene rings is 6. The lowest BCUT2D eigenvalue weighted by Gasteiger charge is -2.22. The summed E-state index contributed by atoms with van der Waals surface area (Å²) in [5, 5.41) is 3.76. The largest absolute Gasteiger partial charge is 0.227 e. The summed E-state index contributed by atoms with van der Waals surface area (Å²) in [6, 6.07) is 44.4. The maximum atomic E-state index is 5.47. The number of aromatic nitrogens is 2. The molecule has 0 atom stereocenters. The number of fused-ring (bicyclic) bond motifs is 12. The highest BCUT2D eigenvalue weighted by Crippen LogP contribution is 2.55. The van der Waals surface area contributed by atoms with Crippen molar-refractivity contribution in [3.63, 3.8) is 0 Å². The van der Waals surface area contributed by atoms with E-state index in [1.165, 1.54) is 64.7 Å². The molecule has 2 aliphatic carbocycles. The molecule has 0 bridgehead atoms. The van der Waals surface area contributed by atoms with E-state index in [2.05, 4.69) is 149 Å². The van der Waals surface area contributed by atoms with Crippen LogP contribution in [-0.4, -0.2) is 9.97 Å². The molecule has 0 saturated carbocycles. The normalized spacial score (nSPS) is 15.1. The zero-order valence-corrected chi connectivity index (χ0v) is 27.7. The zero-order chi connectivity index (χ0) is 31.7. The van der Waals surface area contributed by atoms with E-state index in [4.69, 9.17) is 9.97 Å². The lowest BCUT2D eigenvalue weighted by atomic mass is 9.82. The maximum absolute atomic E-state index is 5.47. The van der Waals surface area contributed by atoms with Gasteiger partial charge in [0, 0.05) is 58.6 Å². The summed E-state index contributed by atoms with van der Waals surface area (Å²) in [6.45, 7) is 9.38. The minimum absolute atomic E-state index is 0.0941. The van der Waals surface area contributed by atoms with Crippen LogP contribution in [-0.2, 0) is 10.8 Å². The van der Waals surface area contributed by atoms with Gasteiger partial charge in [-0.15, -0.1) is 11.3 Å². The Balaban J connectivity index is 1.27. The van der Waals surface area contributed by atoms with Crippen molar-refractivity contribution < 1.29 is 0 Å². The fraction of sp³-hybridized carbons (Fsp3) is 0.136. The third-order valence-electron chi connectivity index (χ3n) is 10.9. The van der Waals surface area contributed by atoms with Crippen LogP contribution in [0.1, 0.15) is 49.9 Å². The molecule has 0 amide bonds. The maximum Gasteiger partial charge on any atom is 0.160 e. The van der Waals surface area contributed by atoms with E-state index < -0.39 is 0 Å². The average molecular weight is 621 g/mol. The third-order valence-corrected chi connectivity index (χ3v) is 12.1. The molecule has 3 heteroatoms. The van der Waals surface area contributed by atoms with Crippen LogP contribution in [0.25, 0.3) is 76.0 Å². The zero-order valence-electron chi connectivity index (χ0n) is 26.8. The smallest absolute Gasteiger partial charge is 0.160 e. The number of nitrogens with zero attached hydrogens (tertiary/aromatic N) is 2. The average Bonchev–Trinajstić information content (AvgIpc) is 3.68. The molecule has 2 nitrogen and oxygen atoms in total. The van der Waals surface area contributed by atoms with Gasteiger partial charge < -0.3 is 0 Å². The highest BCUT2D eigenvalue weighted by Gasteiger charge is 2.39. The Labute approximate surface area is 278 Å². The van der Waals surface area contributed by atoms with Crippen molar-refractivity contribution in [3.8, 4) is 44.9 Å². The SMILES string of the molecule is CC1(C)c2ccccc2-c2c1ccc1c(-c3ccccc3)nc(-c3ccc4c(c3)-c3c(ccc5c3sc3ccccc35)C4(C)C)nc21. The number of thiophene rings is 1. The van der Waals surface area contributed by atoms with Gasteiger partial charge in [-0.2, -0.15) is 0 Å². The molecule has 0 fully saturated rings. The fourth-order valence-corrected chi connectivity index (χ4v) is 9.75. The number of rotatable bonds is 2. The summed E-state index contributed by atoms with van der Waals surface area (Å²) in [4.78, 5) is 10.8. The Morgan fingerprint density at radius 1 is 0.489 bits per heavy atom. The molecule has 10 rings (SSSR count). The van der Waals surface area contributed by atoms with Crippen molar-refractivity contribution in [2.45, 2.75) is 38.5 Å². The molecular weight excluding hydrogens is 589 g/mol. The Bertz CT molecular complexity index is 2620. The molecule has 2 heterocycles. The molecule has 8 aromatic rings. The van der Waals surface area contributed by atoms with Gasteiger partial charge in [-0.25, -0.2) is 9.97 Å². The van der Waals surface area contributed by atoms with Crippen LogP contribution >= 0.6 is 11.3 Å². The van der Waals surface area contributed by atoms with Crippen molar-refractivity contribution in [3.05, 3.63) is 144 Å². The second kappa shape index (κ2) is 9.24. The molecule has 0 unspecified atom stereocenters. The van der Waals surface area contributed by atoms with E-state index in [9.17, 15) is 0 Å². The van der Waals surface area contributed by atoms with Crippen molar-refractivity contribution >= 4 is 42.4 Å². The second-order valence-corrected chi connectivity index (χ2v) is 15.2. The van der Waals surface area contributed by atoms with Crippen molar-refractivity contribution in [2.24, 2.45) is 0 Å². The summed E-state index contributed by atoms with van der Waals surface area (Å²) in [7, 11) is 0. The van der Waals surface area contributed by atoms with Gasteiger partial charge in [0.05, 0.1) is 11.2 Å². The fourth-order valence-electron chi connectivity index (χ4n) is 8.48. The van der Waals surface area contributed by atoms with Crippen molar-refractivity contribution in [1.82, 2.24) is 9.97 Å². The Morgan fingerprint density at radius 2 is 1.15 bits per heavy atom. The second-order valence-electron chi connectivity index (χ2n) is 14.2. The topological polar surface area (TPSA) is 25.8 Å². The van der Waals surface area contributed by atoms with E-state index in [1.54, 1.807) is 0 Å². The molecule has 0 aliphatic heterocycles. The quantitative estimate of drug-likeness (QED) is 0.192. The predicted molar refractivity (Wildman–Crippen MR) is 198 cm³/mol. The molecule has 2 aromatic heterocycles. The van der Waals surface area contributed by atoms with Crippen molar-refractivity contribution in [2.75, 3.05) is 0 Å². The van der Waals surface area contributed by atoms with Gasteiger partial charge in [0.25, 0.3) is 0 Å². The first kappa shape index (κ1) is 27.0.